The zero-order valence-electron chi connectivity index (χ0n) is 11.1. The standard InChI is InChI=1S/C16H22IN/c1-2-11-18-16(13-7-4-3-5-8-13)14-9-6-10-15(17)12-14/h6-7,9-10,12,16,18H,2-5,8,11H2,1H3. The molecule has 0 spiro atoms. The fourth-order valence-corrected chi connectivity index (χ4v) is 3.13. The van der Waals surface area contributed by atoms with Crippen molar-refractivity contribution in [2.75, 3.05) is 6.54 Å². The molecule has 1 unspecified atom stereocenters. The summed E-state index contributed by atoms with van der Waals surface area (Å²) in [5, 5.41) is 3.71. The van der Waals surface area contributed by atoms with E-state index in [-0.39, 0.29) is 0 Å². The molecule has 1 aromatic rings. The number of benzene rings is 1. The van der Waals surface area contributed by atoms with E-state index in [0.717, 1.165) is 6.54 Å². The molecule has 1 atom stereocenters. The summed E-state index contributed by atoms with van der Waals surface area (Å²) in [4.78, 5) is 0. The van der Waals surface area contributed by atoms with Gasteiger partial charge in [0.15, 0.2) is 0 Å². The second-order valence-corrected chi connectivity index (χ2v) is 6.21. The molecule has 0 saturated carbocycles. The van der Waals surface area contributed by atoms with Gasteiger partial charge >= 0.3 is 0 Å². The molecule has 98 valence electrons. The van der Waals surface area contributed by atoms with Crippen molar-refractivity contribution in [3.8, 4) is 0 Å². The first kappa shape index (κ1) is 14.1. The van der Waals surface area contributed by atoms with Gasteiger partial charge in [0.05, 0.1) is 6.04 Å². The molecule has 0 aromatic heterocycles. The largest absolute Gasteiger partial charge is 0.307 e. The van der Waals surface area contributed by atoms with Crippen LogP contribution in [0.3, 0.4) is 0 Å². The maximum atomic E-state index is 3.71. The lowest BCUT2D eigenvalue weighted by Gasteiger charge is -2.25. The molecule has 1 aliphatic rings. The van der Waals surface area contributed by atoms with Gasteiger partial charge in [-0.2, -0.15) is 0 Å². The van der Waals surface area contributed by atoms with Gasteiger partial charge in [0.25, 0.3) is 0 Å². The average Bonchev–Trinajstić information content (AvgIpc) is 2.40. The predicted octanol–water partition coefficient (Wildman–Crippen LogP) is 4.83. The van der Waals surface area contributed by atoms with E-state index in [9.17, 15) is 0 Å². The summed E-state index contributed by atoms with van der Waals surface area (Å²) in [5.41, 5.74) is 3.01. The summed E-state index contributed by atoms with van der Waals surface area (Å²) in [6.07, 6.45) is 8.86. The summed E-state index contributed by atoms with van der Waals surface area (Å²) < 4.78 is 1.32. The van der Waals surface area contributed by atoms with E-state index in [1.54, 1.807) is 5.57 Å². The van der Waals surface area contributed by atoms with Gasteiger partial charge in [-0.05, 0) is 78.9 Å². The smallest absolute Gasteiger partial charge is 0.0536 e. The van der Waals surface area contributed by atoms with Gasteiger partial charge in [0.1, 0.15) is 0 Å². The molecule has 2 rings (SSSR count). The molecule has 18 heavy (non-hydrogen) atoms. The van der Waals surface area contributed by atoms with Gasteiger partial charge in [-0.15, -0.1) is 0 Å². The quantitative estimate of drug-likeness (QED) is 0.589. The molecular formula is C16H22IN. The first-order valence-corrected chi connectivity index (χ1v) is 8.07. The number of hydrogen-bond acceptors (Lipinski definition) is 1. The van der Waals surface area contributed by atoms with Crippen LogP contribution in [-0.4, -0.2) is 6.54 Å². The zero-order chi connectivity index (χ0) is 12.8. The summed E-state index contributed by atoms with van der Waals surface area (Å²) in [6, 6.07) is 9.32. The molecule has 0 saturated heterocycles. The van der Waals surface area contributed by atoms with E-state index in [1.165, 1.54) is 41.2 Å². The molecule has 2 heteroatoms. The van der Waals surface area contributed by atoms with Crippen LogP contribution >= 0.6 is 22.6 Å². The number of nitrogens with one attached hydrogen (secondary N) is 1. The van der Waals surface area contributed by atoms with Gasteiger partial charge in [0, 0.05) is 3.57 Å². The van der Waals surface area contributed by atoms with Crippen LogP contribution in [0.2, 0.25) is 0 Å². The Hall–Kier alpha value is -0.350. The van der Waals surface area contributed by atoms with E-state index in [4.69, 9.17) is 0 Å². The molecule has 1 aromatic carbocycles. The van der Waals surface area contributed by atoms with Crippen LogP contribution < -0.4 is 5.32 Å². The highest BCUT2D eigenvalue weighted by molar-refractivity contribution is 14.1. The lowest BCUT2D eigenvalue weighted by atomic mass is 9.90. The number of hydrogen-bond donors (Lipinski definition) is 1. The Kier molecular flexibility index (Phi) is 5.70. The Morgan fingerprint density at radius 2 is 2.22 bits per heavy atom. The van der Waals surface area contributed by atoms with E-state index < -0.39 is 0 Å². The molecule has 1 aliphatic carbocycles. The third-order valence-corrected chi connectivity index (χ3v) is 4.15. The summed E-state index contributed by atoms with van der Waals surface area (Å²) in [5.74, 6) is 0. The van der Waals surface area contributed by atoms with Crippen molar-refractivity contribution in [2.45, 2.75) is 45.1 Å². The van der Waals surface area contributed by atoms with Crippen molar-refractivity contribution in [1.82, 2.24) is 5.32 Å². The van der Waals surface area contributed by atoms with Crippen LogP contribution in [0.4, 0.5) is 0 Å². The van der Waals surface area contributed by atoms with Gasteiger partial charge < -0.3 is 5.32 Å². The number of rotatable bonds is 5. The molecule has 0 aliphatic heterocycles. The van der Waals surface area contributed by atoms with Crippen molar-refractivity contribution in [1.29, 1.82) is 0 Å². The third kappa shape index (κ3) is 3.82. The van der Waals surface area contributed by atoms with Crippen LogP contribution in [0.25, 0.3) is 0 Å². The minimum absolute atomic E-state index is 0.431. The SMILES string of the molecule is CCCNC(C1=CCCCC1)c1cccc(I)c1. The summed E-state index contributed by atoms with van der Waals surface area (Å²) >= 11 is 2.40. The Labute approximate surface area is 124 Å². The minimum atomic E-state index is 0.431. The second-order valence-electron chi connectivity index (χ2n) is 4.97. The van der Waals surface area contributed by atoms with E-state index in [2.05, 4.69) is 65.2 Å². The molecule has 0 amide bonds. The van der Waals surface area contributed by atoms with E-state index in [1.807, 2.05) is 0 Å². The molecule has 0 bridgehead atoms. The highest BCUT2D eigenvalue weighted by Gasteiger charge is 2.17. The van der Waals surface area contributed by atoms with Gasteiger partial charge in [-0.1, -0.05) is 30.7 Å². The van der Waals surface area contributed by atoms with Gasteiger partial charge in [-0.3, -0.25) is 0 Å². The predicted molar refractivity (Wildman–Crippen MR) is 86.7 cm³/mol. The Morgan fingerprint density at radius 3 is 2.89 bits per heavy atom. The van der Waals surface area contributed by atoms with E-state index >= 15 is 0 Å². The Balaban J connectivity index is 2.21. The van der Waals surface area contributed by atoms with Crippen LogP contribution in [0, 0.1) is 3.57 Å². The van der Waals surface area contributed by atoms with Crippen molar-refractivity contribution >= 4 is 22.6 Å². The maximum absolute atomic E-state index is 3.71. The summed E-state index contributed by atoms with van der Waals surface area (Å²) in [7, 11) is 0. The van der Waals surface area contributed by atoms with Crippen LogP contribution in [0.1, 0.15) is 50.6 Å². The highest BCUT2D eigenvalue weighted by Crippen LogP contribution is 2.30. The number of halogens is 1. The van der Waals surface area contributed by atoms with Crippen LogP contribution in [-0.2, 0) is 0 Å². The fourth-order valence-electron chi connectivity index (χ4n) is 2.56. The Morgan fingerprint density at radius 1 is 1.33 bits per heavy atom. The van der Waals surface area contributed by atoms with Crippen molar-refractivity contribution < 1.29 is 0 Å². The van der Waals surface area contributed by atoms with Crippen molar-refractivity contribution in [3.05, 3.63) is 45.0 Å². The average molecular weight is 355 g/mol. The second kappa shape index (κ2) is 7.29. The van der Waals surface area contributed by atoms with Gasteiger partial charge in [0.2, 0.25) is 0 Å². The van der Waals surface area contributed by atoms with Gasteiger partial charge in [-0.25, -0.2) is 0 Å². The number of allylic oxidation sites excluding steroid dienone is 1. The van der Waals surface area contributed by atoms with Crippen LogP contribution in [0.15, 0.2) is 35.9 Å². The molecule has 0 radical (unpaired) electrons. The van der Waals surface area contributed by atoms with Crippen LogP contribution in [0.5, 0.6) is 0 Å². The molecule has 1 N–H and O–H groups in total. The topological polar surface area (TPSA) is 12.0 Å². The van der Waals surface area contributed by atoms with Crippen molar-refractivity contribution in [3.63, 3.8) is 0 Å². The highest BCUT2D eigenvalue weighted by atomic mass is 127. The first-order chi connectivity index (χ1) is 8.81. The minimum Gasteiger partial charge on any atom is -0.307 e. The molecular weight excluding hydrogens is 333 g/mol. The lowest BCUT2D eigenvalue weighted by Crippen LogP contribution is -2.24. The zero-order valence-corrected chi connectivity index (χ0v) is 13.2. The maximum Gasteiger partial charge on any atom is 0.0536 e. The van der Waals surface area contributed by atoms with Crippen molar-refractivity contribution in [2.24, 2.45) is 0 Å². The lowest BCUT2D eigenvalue weighted by molar-refractivity contribution is 0.546. The normalized spacial score (nSPS) is 17.3. The molecule has 1 nitrogen and oxygen atoms in total. The van der Waals surface area contributed by atoms with E-state index in [0.29, 0.717) is 6.04 Å². The molecule has 0 fully saturated rings. The first-order valence-electron chi connectivity index (χ1n) is 6.99. The fraction of sp³-hybridized carbons (Fsp3) is 0.500. The monoisotopic (exact) mass is 355 g/mol. The summed E-state index contributed by atoms with van der Waals surface area (Å²) in [6.45, 7) is 3.32. The Bertz CT molecular complexity index is 411. The third-order valence-electron chi connectivity index (χ3n) is 3.48. The molecule has 0 heterocycles.